The molecule has 21 heavy (non-hydrogen) atoms. The maximum Gasteiger partial charge on any atom is 0.324 e. The standard InChI is InChI=1S/C14H16N6O/c1-19-12-8-10(2-3-11(12)9-16-19)13-17-14(21-18-13)20-6-4-15-5-7-20/h2-3,8-9,15H,4-7H2,1H3. The van der Waals surface area contributed by atoms with Gasteiger partial charge in [0.2, 0.25) is 5.82 Å². The van der Waals surface area contributed by atoms with Gasteiger partial charge in [0.25, 0.3) is 0 Å². The highest BCUT2D eigenvalue weighted by Crippen LogP contribution is 2.24. The van der Waals surface area contributed by atoms with Crippen LogP contribution in [-0.2, 0) is 7.05 Å². The molecule has 0 radical (unpaired) electrons. The number of rotatable bonds is 2. The van der Waals surface area contributed by atoms with E-state index in [-0.39, 0.29) is 0 Å². The summed E-state index contributed by atoms with van der Waals surface area (Å²) in [6.07, 6.45) is 1.85. The van der Waals surface area contributed by atoms with E-state index in [1.54, 1.807) is 0 Å². The maximum atomic E-state index is 5.40. The van der Waals surface area contributed by atoms with Crippen LogP contribution in [0.3, 0.4) is 0 Å². The molecule has 1 N–H and O–H groups in total. The van der Waals surface area contributed by atoms with E-state index in [1.165, 1.54) is 0 Å². The number of nitrogens with zero attached hydrogens (tertiary/aromatic N) is 5. The Balaban J connectivity index is 1.68. The Hall–Kier alpha value is -2.41. The quantitative estimate of drug-likeness (QED) is 0.758. The first-order valence-electron chi connectivity index (χ1n) is 7.03. The molecule has 0 saturated carbocycles. The molecule has 1 aliphatic rings. The predicted molar refractivity (Wildman–Crippen MR) is 79.1 cm³/mol. The van der Waals surface area contributed by atoms with E-state index >= 15 is 0 Å². The van der Waals surface area contributed by atoms with Crippen LogP contribution in [0.25, 0.3) is 22.3 Å². The second kappa shape index (κ2) is 4.85. The average molecular weight is 284 g/mol. The van der Waals surface area contributed by atoms with Crippen LogP contribution in [0.5, 0.6) is 0 Å². The van der Waals surface area contributed by atoms with Crippen molar-refractivity contribution in [1.29, 1.82) is 0 Å². The van der Waals surface area contributed by atoms with Crippen molar-refractivity contribution in [3.8, 4) is 11.4 Å². The minimum Gasteiger partial charge on any atom is -0.322 e. The molecule has 1 aromatic carbocycles. The molecule has 1 fully saturated rings. The average Bonchev–Trinajstić information content (AvgIpc) is 3.16. The molecule has 108 valence electrons. The fourth-order valence-electron chi connectivity index (χ4n) is 2.60. The van der Waals surface area contributed by atoms with Crippen molar-refractivity contribution in [1.82, 2.24) is 25.2 Å². The molecule has 1 aliphatic heterocycles. The zero-order valence-electron chi connectivity index (χ0n) is 11.8. The lowest BCUT2D eigenvalue weighted by Gasteiger charge is -2.24. The van der Waals surface area contributed by atoms with E-state index in [1.807, 2.05) is 36.1 Å². The molecule has 7 nitrogen and oxygen atoms in total. The van der Waals surface area contributed by atoms with Gasteiger partial charge in [0.05, 0.1) is 11.7 Å². The third-order valence-corrected chi connectivity index (χ3v) is 3.81. The Bertz CT molecular complexity index is 771. The van der Waals surface area contributed by atoms with Crippen LogP contribution in [-0.4, -0.2) is 46.1 Å². The van der Waals surface area contributed by atoms with Crippen molar-refractivity contribution < 1.29 is 4.52 Å². The van der Waals surface area contributed by atoms with Crippen LogP contribution >= 0.6 is 0 Å². The fourth-order valence-corrected chi connectivity index (χ4v) is 2.60. The lowest BCUT2D eigenvalue weighted by molar-refractivity contribution is 0.405. The number of aryl methyl sites for hydroxylation is 1. The van der Waals surface area contributed by atoms with E-state index in [0.717, 1.165) is 42.6 Å². The van der Waals surface area contributed by atoms with Crippen molar-refractivity contribution >= 4 is 16.9 Å². The SMILES string of the molecule is Cn1ncc2ccc(-c3noc(N4CCNCC4)n3)cc21. The van der Waals surface area contributed by atoms with Crippen LogP contribution in [0, 0.1) is 0 Å². The molecule has 0 spiro atoms. The van der Waals surface area contributed by atoms with E-state index in [2.05, 4.69) is 25.5 Å². The Morgan fingerprint density at radius 3 is 2.95 bits per heavy atom. The Morgan fingerprint density at radius 1 is 1.24 bits per heavy atom. The van der Waals surface area contributed by atoms with Crippen LogP contribution < -0.4 is 10.2 Å². The van der Waals surface area contributed by atoms with Gasteiger partial charge in [0.1, 0.15) is 0 Å². The van der Waals surface area contributed by atoms with E-state index in [0.29, 0.717) is 11.8 Å². The molecule has 0 aliphatic carbocycles. The van der Waals surface area contributed by atoms with Gasteiger partial charge < -0.3 is 14.7 Å². The molecule has 1 saturated heterocycles. The molecule has 4 rings (SSSR count). The summed E-state index contributed by atoms with van der Waals surface area (Å²) in [6, 6.07) is 6.65. The van der Waals surface area contributed by atoms with Crippen LogP contribution in [0.1, 0.15) is 0 Å². The molecule has 3 aromatic rings. The summed E-state index contributed by atoms with van der Waals surface area (Å²) in [7, 11) is 1.93. The van der Waals surface area contributed by atoms with Gasteiger partial charge in [-0.3, -0.25) is 4.68 Å². The van der Waals surface area contributed by atoms with Crippen molar-refractivity contribution in [2.75, 3.05) is 31.1 Å². The maximum absolute atomic E-state index is 5.40. The number of aromatic nitrogens is 4. The fraction of sp³-hybridized carbons (Fsp3) is 0.357. The monoisotopic (exact) mass is 284 g/mol. The van der Waals surface area contributed by atoms with Crippen molar-refractivity contribution in [2.24, 2.45) is 7.05 Å². The molecule has 0 atom stereocenters. The van der Waals surface area contributed by atoms with Crippen molar-refractivity contribution in [2.45, 2.75) is 0 Å². The molecule has 7 heteroatoms. The van der Waals surface area contributed by atoms with Gasteiger partial charge in [0.15, 0.2) is 0 Å². The van der Waals surface area contributed by atoms with E-state index in [4.69, 9.17) is 4.52 Å². The highest BCUT2D eigenvalue weighted by Gasteiger charge is 2.18. The number of fused-ring (bicyclic) bond motifs is 1. The number of hydrogen-bond donors (Lipinski definition) is 1. The first-order valence-corrected chi connectivity index (χ1v) is 7.03. The molecule has 0 unspecified atom stereocenters. The molecule has 0 bridgehead atoms. The summed E-state index contributed by atoms with van der Waals surface area (Å²) in [4.78, 5) is 6.62. The molecule has 0 amide bonds. The van der Waals surface area contributed by atoms with Crippen LogP contribution in [0.2, 0.25) is 0 Å². The normalized spacial score (nSPS) is 15.8. The first kappa shape index (κ1) is 12.3. The number of nitrogens with one attached hydrogen (secondary N) is 1. The van der Waals surface area contributed by atoms with Crippen molar-refractivity contribution in [3.05, 3.63) is 24.4 Å². The minimum absolute atomic E-state index is 0.594. The third-order valence-electron chi connectivity index (χ3n) is 3.81. The summed E-state index contributed by atoms with van der Waals surface area (Å²) < 4.78 is 7.24. The molecule has 2 aromatic heterocycles. The van der Waals surface area contributed by atoms with Crippen LogP contribution in [0.4, 0.5) is 6.01 Å². The topological polar surface area (TPSA) is 72.0 Å². The summed E-state index contributed by atoms with van der Waals surface area (Å²) >= 11 is 0. The first-order chi connectivity index (χ1) is 10.3. The van der Waals surface area contributed by atoms with Gasteiger partial charge in [-0.2, -0.15) is 10.1 Å². The zero-order chi connectivity index (χ0) is 14.2. The largest absolute Gasteiger partial charge is 0.324 e. The summed E-state index contributed by atoms with van der Waals surface area (Å²) in [5.74, 6) is 0.617. The molecule has 3 heterocycles. The van der Waals surface area contributed by atoms with Gasteiger partial charge in [-0.05, 0) is 6.07 Å². The zero-order valence-corrected chi connectivity index (χ0v) is 11.8. The number of hydrogen-bond acceptors (Lipinski definition) is 6. The Labute approximate surface area is 121 Å². The lowest BCUT2D eigenvalue weighted by atomic mass is 10.1. The van der Waals surface area contributed by atoms with Gasteiger partial charge in [-0.25, -0.2) is 0 Å². The Kier molecular flexibility index (Phi) is 2.85. The Morgan fingerprint density at radius 2 is 2.10 bits per heavy atom. The van der Waals surface area contributed by atoms with E-state index in [9.17, 15) is 0 Å². The summed E-state index contributed by atoms with van der Waals surface area (Å²) in [5.41, 5.74) is 2.00. The summed E-state index contributed by atoms with van der Waals surface area (Å²) in [6.45, 7) is 3.67. The number of benzene rings is 1. The van der Waals surface area contributed by atoms with Crippen molar-refractivity contribution in [3.63, 3.8) is 0 Å². The second-order valence-corrected chi connectivity index (χ2v) is 5.18. The van der Waals surface area contributed by atoms with Gasteiger partial charge >= 0.3 is 6.01 Å². The van der Waals surface area contributed by atoms with Gasteiger partial charge in [-0.15, -0.1) is 0 Å². The predicted octanol–water partition coefficient (Wildman–Crippen LogP) is 1.03. The molecular formula is C14H16N6O. The smallest absolute Gasteiger partial charge is 0.322 e. The van der Waals surface area contributed by atoms with Gasteiger partial charge in [-0.1, -0.05) is 17.3 Å². The number of piperazine rings is 1. The van der Waals surface area contributed by atoms with Crippen LogP contribution in [0.15, 0.2) is 28.9 Å². The lowest BCUT2D eigenvalue weighted by Crippen LogP contribution is -2.43. The number of anilines is 1. The second-order valence-electron chi connectivity index (χ2n) is 5.18. The van der Waals surface area contributed by atoms with Gasteiger partial charge in [0, 0.05) is 44.2 Å². The highest BCUT2D eigenvalue weighted by molar-refractivity contribution is 5.83. The third kappa shape index (κ3) is 2.15. The minimum atomic E-state index is 0.594. The molecular weight excluding hydrogens is 268 g/mol. The summed E-state index contributed by atoms with van der Waals surface area (Å²) in [5, 5.41) is 12.8. The van der Waals surface area contributed by atoms with E-state index < -0.39 is 0 Å². The highest BCUT2D eigenvalue weighted by atomic mass is 16.5.